The van der Waals surface area contributed by atoms with Gasteiger partial charge in [0.1, 0.15) is 5.75 Å². The van der Waals surface area contributed by atoms with Gasteiger partial charge in [-0.2, -0.15) is 8.78 Å². The number of hydrogen-bond acceptors (Lipinski definition) is 3. The number of aliphatic carboxylic acids is 1. The van der Waals surface area contributed by atoms with Crippen LogP contribution in [0.2, 0.25) is 0 Å². The van der Waals surface area contributed by atoms with E-state index in [1.165, 1.54) is 6.07 Å². The van der Waals surface area contributed by atoms with Crippen LogP contribution < -0.4 is 10.1 Å². The van der Waals surface area contributed by atoms with Gasteiger partial charge in [-0.25, -0.2) is 0 Å². The Morgan fingerprint density at radius 2 is 1.95 bits per heavy atom. The molecule has 1 aromatic carbocycles. The first-order valence-corrected chi connectivity index (χ1v) is 6.45. The molecule has 0 heterocycles. The van der Waals surface area contributed by atoms with Crippen LogP contribution in [0.3, 0.4) is 0 Å². The molecular formula is C14H17F2NO4. The molecule has 0 bridgehead atoms. The highest BCUT2D eigenvalue weighted by Gasteiger charge is 2.16. The second-order valence-corrected chi connectivity index (χ2v) is 4.45. The number of alkyl halides is 2. The Hall–Kier alpha value is -2.18. The van der Waals surface area contributed by atoms with E-state index >= 15 is 0 Å². The number of carboxylic acids is 1. The summed E-state index contributed by atoms with van der Waals surface area (Å²) < 4.78 is 29.0. The van der Waals surface area contributed by atoms with Crippen LogP contribution in [0.4, 0.5) is 8.78 Å². The van der Waals surface area contributed by atoms with Crippen LogP contribution in [-0.2, 0) is 9.59 Å². The van der Waals surface area contributed by atoms with Crippen molar-refractivity contribution in [2.24, 2.45) is 0 Å². The van der Waals surface area contributed by atoms with Gasteiger partial charge in [0, 0.05) is 18.4 Å². The zero-order chi connectivity index (χ0) is 15.8. The maximum Gasteiger partial charge on any atom is 0.387 e. The molecule has 1 unspecified atom stereocenters. The van der Waals surface area contributed by atoms with Gasteiger partial charge >= 0.3 is 12.6 Å². The Morgan fingerprint density at radius 1 is 1.29 bits per heavy atom. The molecule has 2 N–H and O–H groups in total. The van der Waals surface area contributed by atoms with Crippen LogP contribution in [0.25, 0.3) is 0 Å². The number of nitrogens with one attached hydrogen (secondary N) is 1. The molecule has 0 saturated carbocycles. The van der Waals surface area contributed by atoms with Crippen LogP contribution in [0.1, 0.15) is 37.8 Å². The number of amides is 1. The summed E-state index contributed by atoms with van der Waals surface area (Å²) in [5.41, 5.74) is 0.435. The van der Waals surface area contributed by atoms with Gasteiger partial charge in [-0.3, -0.25) is 9.59 Å². The third-order valence-electron chi connectivity index (χ3n) is 2.77. The number of benzene rings is 1. The van der Waals surface area contributed by atoms with Crippen molar-refractivity contribution in [3.8, 4) is 5.75 Å². The Bertz CT molecular complexity index is 494. The van der Waals surface area contributed by atoms with Gasteiger partial charge in [-0.1, -0.05) is 18.2 Å². The summed E-state index contributed by atoms with van der Waals surface area (Å²) in [5.74, 6) is -1.30. The van der Waals surface area contributed by atoms with Crippen molar-refractivity contribution in [2.75, 3.05) is 0 Å². The molecule has 1 aromatic rings. The molecule has 0 spiro atoms. The number of ether oxygens (including phenoxy) is 1. The molecule has 0 aromatic heterocycles. The zero-order valence-corrected chi connectivity index (χ0v) is 11.5. The van der Waals surface area contributed by atoms with Gasteiger partial charge in [-0.05, 0) is 19.4 Å². The van der Waals surface area contributed by atoms with Crippen molar-refractivity contribution in [1.82, 2.24) is 5.32 Å². The predicted molar refractivity (Wildman–Crippen MR) is 71.1 cm³/mol. The SMILES string of the molecule is CC(NC(=O)CCCC(=O)O)c1ccccc1OC(F)F. The minimum atomic E-state index is -2.94. The van der Waals surface area contributed by atoms with Crippen LogP contribution in [-0.4, -0.2) is 23.6 Å². The molecule has 0 fully saturated rings. The van der Waals surface area contributed by atoms with E-state index < -0.39 is 18.6 Å². The number of halogens is 2. The highest BCUT2D eigenvalue weighted by atomic mass is 19.3. The summed E-state index contributed by atoms with van der Waals surface area (Å²) in [7, 11) is 0. The number of rotatable bonds is 8. The van der Waals surface area contributed by atoms with Crippen LogP contribution >= 0.6 is 0 Å². The van der Waals surface area contributed by atoms with E-state index in [1.54, 1.807) is 25.1 Å². The molecule has 0 aliphatic heterocycles. The van der Waals surface area contributed by atoms with Gasteiger partial charge in [0.05, 0.1) is 6.04 Å². The van der Waals surface area contributed by atoms with Crippen molar-refractivity contribution < 1.29 is 28.2 Å². The van der Waals surface area contributed by atoms with Crippen molar-refractivity contribution in [3.63, 3.8) is 0 Å². The van der Waals surface area contributed by atoms with E-state index in [1.807, 2.05) is 0 Å². The highest BCUT2D eigenvalue weighted by Crippen LogP contribution is 2.26. The summed E-state index contributed by atoms with van der Waals surface area (Å²) in [4.78, 5) is 22.0. The Kier molecular flexibility index (Phi) is 6.58. The van der Waals surface area contributed by atoms with E-state index in [4.69, 9.17) is 5.11 Å². The van der Waals surface area contributed by atoms with Gasteiger partial charge in [-0.15, -0.1) is 0 Å². The van der Waals surface area contributed by atoms with Gasteiger partial charge in [0.25, 0.3) is 0 Å². The fourth-order valence-corrected chi connectivity index (χ4v) is 1.83. The standard InChI is InChI=1S/C14H17F2NO4/c1-9(17-12(18)7-4-8-13(19)20)10-5-2-3-6-11(10)21-14(15)16/h2-3,5-6,9,14H,4,7-8H2,1H3,(H,17,18)(H,19,20). The van der Waals surface area contributed by atoms with Crippen molar-refractivity contribution in [1.29, 1.82) is 0 Å². The van der Waals surface area contributed by atoms with E-state index in [9.17, 15) is 18.4 Å². The molecule has 1 amide bonds. The van der Waals surface area contributed by atoms with Crippen molar-refractivity contribution in [3.05, 3.63) is 29.8 Å². The molecule has 1 rings (SSSR count). The molecule has 1 atom stereocenters. The third-order valence-corrected chi connectivity index (χ3v) is 2.77. The van der Waals surface area contributed by atoms with Crippen LogP contribution in [0.5, 0.6) is 5.75 Å². The quantitative estimate of drug-likeness (QED) is 0.774. The molecular weight excluding hydrogens is 284 g/mol. The summed E-state index contributed by atoms with van der Waals surface area (Å²) >= 11 is 0. The summed E-state index contributed by atoms with van der Waals surface area (Å²) in [6, 6.07) is 5.68. The Morgan fingerprint density at radius 3 is 2.57 bits per heavy atom. The van der Waals surface area contributed by atoms with E-state index in [0.717, 1.165) is 0 Å². The fraction of sp³-hybridized carbons (Fsp3) is 0.429. The van der Waals surface area contributed by atoms with Crippen LogP contribution in [0, 0.1) is 0 Å². The minimum absolute atomic E-state index is 0.00540. The monoisotopic (exact) mass is 301 g/mol. The largest absolute Gasteiger partial charge is 0.481 e. The molecule has 0 aliphatic carbocycles. The lowest BCUT2D eigenvalue weighted by Gasteiger charge is -2.18. The maximum absolute atomic E-state index is 12.3. The Labute approximate surface area is 120 Å². The molecule has 0 radical (unpaired) electrons. The lowest BCUT2D eigenvalue weighted by Crippen LogP contribution is -2.27. The van der Waals surface area contributed by atoms with Gasteiger partial charge < -0.3 is 15.2 Å². The average Bonchev–Trinajstić information content (AvgIpc) is 2.37. The first-order chi connectivity index (χ1) is 9.90. The number of carbonyl (C=O) groups is 2. The van der Waals surface area contributed by atoms with E-state index in [0.29, 0.717) is 5.56 Å². The van der Waals surface area contributed by atoms with Gasteiger partial charge in [0.2, 0.25) is 5.91 Å². The second-order valence-electron chi connectivity index (χ2n) is 4.45. The number of carboxylic acid groups (broad SMARTS) is 1. The third kappa shape index (κ3) is 6.20. The van der Waals surface area contributed by atoms with Crippen LogP contribution in [0.15, 0.2) is 24.3 Å². The minimum Gasteiger partial charge on any atom is -0.481 e. The van der Waals surface area contributed by atoms with E-state index in [-0.39, 0.29) is 30.9 Å². The highest BCUT2D eigenvalue weighted by molar-refractivity contribution is 5.77. The fourth-order valence-electron chi connectivity index (χ4n) is 1.83. The molecule has 5 nitrogen and oxygen atoms in total. The normalized spacial score (nSPS) is 12.0. The first kappa shape index (κ1) is 16.9. The number of para-hydroxylation sites is 1. The van der Waals surface area contributed by atoms with Crippen molar-refractivity contribution >= 4 is 11.9 Å². The number of carbonyl (C=O) groups excluding carboxylic acids is 1. The average molecular weight is 301 g/mol. The molecule has 0 aliphatic rings. The molecule has 21 heavy (non-hydrogen) atoms. The molecule has 0 saturated heterocycles. The smallest absolute Gasteiger partial charge is 0.387 e. The summed E-state index contributed by atoms with van der Waals surface area (Å²) in [6.45, 7) is -1.30. The summed E-state index contributed by atoms with van der Waals surface area (Å²) in [6.07, 6.45) is 0.199. The topological polar surface area (TPSA) is 75.6 Å². The lowest BCUT2D eigenvalue weighted by molar-refractivity contribution is -0.137. The summed E-state index contributed by atoms with van der Waals surface area (Å²) in [5, 5.41) is 11.1. The number of hydrogen-bond donors (Lipinski definition) is 2. The molecule has 7 heteroatoms. The first-order valence-electron chi connectivity index (χ1n) is 6.45. The van der Waals surface area contributed by atoms with Gasteiger partial charge in [0.15, 0.2) is 0 Å². The zero-order valence-electron chi connectivity index (χ0n) is 11.5. The maximum atomic E-state index is 12.3. The van der Waals surface area contributed by atoms with Crippen molar-refractivity contribution in [2.45, 2.75) is 38.8 Å². The lowest BCUT2D eigenvalue weighted by atomic mass is 10.1. The molecule has 116 valence electrons. The predicted octanol–water partition coefficient (Wildman–Crippen LogP) is 2.72. The Balaban J connectivity index is 2.60. The van der Waals surface area contributed by atoms with E-state index in [2.05, 4.69) is 10.1 Å². The second kappa shape index (κ2) is 8.18.